The molecule has 5 nitrogen and oxygen atoms in total. The fourth-order valence-electron chi connectivity index (χ4n) is 3.26. The van der Waals surface area contributed by atoms with E-state index in [1.54, 1.807) is 0 Å². The molecule has 1 aliphatic carbocycles. The highest BCUT2D eigenvalue weighted by Gasteiger charge is 2.26. The average molecular weight is 284 g/mol. The maximum atomic E-state index is 12.3. The van der Waals surface area contributed by atoms with Gasteiger partial charge < -0.3 is 20.5 Å². The zero-order valence-corrected chi connectivity index (χ0v) is 12.3. The summed E-state index contributed by atoms with van der Waals surface area (Å²) in [6, 6.07) is 0.348. The predicted molar refractivity (Wildman–Crippen MR) is 77.2 cm³/mol. The summed E-state index contributed by atoms with van der Waals surface area (Å²) < 4.78 is 5.52. The van der Waals surface area contributed by atoms with Gasteiger partial charge in [-0.25, -0.2) is 0 Å². The van der Waals surface area contributed by atoms with E-state index in [-0.39, 0.29) is 12.7 Å². The van der Waals surface area contributed by atoms with Crippen LogP contribution in [0.2, 0.25) is 0 Å². The molecule has 0 bridgehead atoms. The number of hydrogen-bond donors (Lipinski definition) is 2. The highest BCUT2D eigenvalue weighted by molar-refractivity contribution is 5.76. The number of aliphatic hydroxyl groups excluding tert-OH is 1. The van der Waals surface area contributed by atoms with E-state index < -0.39 is 0 Å². The van der Waals surface area contributed by atoms with Crippen LogP contribution in [-0.2, 0) is 9.53 Å². The normalized spacial score (nSPS) is 28.6. The Hall–Kier alpha value is -0.650. The Morgan fingerprint density at radius 2 is 1.80 bits per heavy atom. The van der Waals surface area contributed by atoms with E-state index in [0.29, 0.717) is 30.9 Å². The molecule has 116 valence electrons. The second kappa shape index (κ2) is 7.96. The van der Waals surface area contributed by atoms with E-state index in [1.165, 1.54) is 0 Å². The van der Waals surface area contributed by atoms with Gasteiger partial charge in [0.25, 0.3) is 0 Å². The smallest absolute Gasteiger partial charge is 0.222 e. The number of amides is 1. The first-order valence-electron chi connectivity index (χ1n) is 7.95. The highest BCUT2D eigenvalue weighted by Crippen LogP contribution is 2.27. The van der Waals surface area contributed by atoms with Crippen LogP contribution >= 0.6 is 0 Å². The monoisotopic (exact) mass is 284 g/mol. The fourth-order valence-corrected chi connectivity index (χ4v) is 3.26. The Bertz CT molecular complexity index is 295. The maximum absolute atomic E-state index is 12.3. The first-order valence-corrected chi connectivity index (χ1v) is 7.95. The summed E-state index contributed by atoms with van der Waals surface area (Å²) in [7, 11) is 0. The molecule has 1 amide bonds. The van der Waals surface area contributed by atoms with Crippen molar-refractivity contribution < 1.29 is 14.6 Å². The average Bonchev–Trinajstić information content (AvgIpc) is 2.48. The Kier molecular flexibility index (Phi) is 6.26. The van der Waals surface area contributed by atoms with Gasteiger partial charge in [0.1, 0.15) is 0 Å². The lowest BCUT2D eigenvalue weighted by atomic mass is 9.84. The van der Waals surface area contributed by atoms with Gasteiger partial charge in [-0.15, -0.1) is 0 Å². The van der Waals surface area contributed by atoms with Crippen LogP contribution in [0.5, 0.6) is 0 Å². The van der Waals surface area contributed by atoms with E-state index >= 15 is 0 Å². The van der Waals surface area contributed by atoms with Gasteiger partial charge in [0.15, 0.2) is 0 Å². The number of nitrogens with zero attached hydrogens (tertiary/aromatic N) is 1. The summed E-state index contributed by atoms with van der Waals surface area (Å²) in [6.07, 6.45) is 7.01. The highest BCUT2D eigenvalue weighted by atomic mass is 16.5. The molecule has 1 aliphatic heterocycles. The molecule has 0 aromatic rings. The topological polar surface area (TPSA) is 75.8 Å². The first kappa shape index (κ1) is 15.7. The van der Waals surface area contributed by atoms with Gasteiger partial charge in [0, 0.05) is 25.6 Å². The van der Waals surface area contributed by atoms with Gasteiger partial charge in [0.05, 0.1) is 19.3 Å². The van der Waals surface area contributed by atoms with Crippen molar-refractivity contribution in [2.75, 3.05) is 26.3 Å². The standard InChI is InChI=1S/C15H28N2O3/c16-13-3-1-12(2-4-13)11-15(19)17-7-5-14(6-8-17)20-10-9-18/h12-14,18H,1-11,16H2. The lowest BCUT2D eigenvalue weighted by molar-refractivity contribution is -0.135. The largest absolute Gasteiger partial charge is 0.394 e. The number of rotatable bonds is 5. The van der Waals surface area contributed by atoms with Gasteiger partial charge in [-0.1, -0.05) is 0 Å². The van der Waals surface area contributed by atoms with E-state index in [9.17, 15) is 4.79 Å². The molecule has 0 aromatic heterocycles. The van der Waals surface area contributed by atoms with E-state index in [1.807, 2.05) is 4.90 Å². The minimum Gasteiger partial charge on any atom is -0.394 e. The number of piperidine rings is 1. The van der Waals surface area contributed by atoms with Gasteiger partial charge in [-0.3, -0.25) is 4.79 Å². The Morgan fingerprint density at radius 3 is 2.40 bits per heavy atom. The number of carbonyl (C=O) groups is 1. The van der Waals surface area contributed by atoms with E-state index in [0.717, 1.165) is 51.6 Å². The van der Waals surface area contributed by atoms with Crippen molar-refractivity contribution >= 4 is 5.91 Å². The molecule has 5 heteroatoms. The third-order valence-corrected chi connectivity index (χ3v) is 4.59. The van der Waals surface area contributed by atoms with Gasteiger partial charge >= 0.3 is 0 Å². The molecule has 0 aromatic carbocycles. The van der Waals surface area contributed by atoms with Crippen LogP contribution < -0.4 is 5.73 Å². The van der Waals surface area contributed by atoms with Gasteiger partial charge in [0.2, 0.25) is 5.91 Å². The molecule has 3 N–H and O–H groups in total. The summed E-state index contributed by atoms with van der Waals surface area (Å²) in [5.74, 6) is 0.830. The summed E-state index contributed by atoms with van der Waals surface area (Å²) in [4.78, 5) is 14.3. The number of aliphatic hydroxyl groups is 1. The molecule has 1 saturated heterocycles. The number of likely N-dealkylation sites (tertiary alicyclic amines) is 1. The van der Waals surface area contributed by atoms with Crippen molar-refractivity contribution in [3.05, 3.63) is 0 Å². The number of nitrogens with two attached hydrogens (primary N) is 1. The van der Waals surface area contributed by atoms with Crippen molar-refractivity contribution in [1.82, 2.24) is 4.90 Å². The van der Waals surface area contributed by atoms with Crippen LogP contribution in [0.15, 0.2) is 0 Å². The molecule has 0 spiro atoms. The Balaban J connectivity index is 1.66. The van der Waals surface area contributed by atoms with Gasteiger partial charge in [-0.2, -0.15) is 0 Å². The molecule has 2 rings (SSSR count). The Morgan fingerprint density at radius 1 is 1.15 bits per heavy atom. The summed E-state index contributed by atoms with van der Waals surface area (Å²) >= 11 is 0. The van der Waals surface area contributed by atoms with Crippen LogP contribution in [0.4, 0.5) is 0 Å². The van der Waals surface area contributed by atoms with Crippen molar-refractivity contribution in [2.45, 2.75) is 57.1 Å². The zero-order chi connectivity index (χ0) is 14.4. The summed E-state index contributed by atoms with van der Waals surface area (Å²) in [5, 5.41) is 8.74. The van der Waals surface area contributed by atoms with Crippen LogP contribution in [0.25, 0.3) is 0 Å². The zero-order valence-electron chi connectivity index (χ0n) is 12.3. The minimum absolute atomic E-state index is 0.0724. The Labute approximate surface area is 121 Å². The second-order valence-electron chi connectivity index (χ2n) is 6.16. The summed E-state index contributed by atoms with van der Waals surface area (Å²) in [6.45, 7) is 2.06. The quantitative estimate of drug-likeness (QED) is 0.786. The first-order chi connectivity index (χ1) is 9.69. The third kappa shape index (κ3) is 4.72. The molecular weight excluding hydrogens is 256 g/mol. The van der Waals surface area contributed by atoms with Gasteiger partial charge in [-0.05, 0) is 44.4 Å². The fraction of sp³-hybridized carbons (Fsp3) is 0.933. The van der Waals surface area contributed by atoms with Crippen LogP contribution in [0.1, 0.15) is 44.9 Å². The molecule has 20 heavy (non-hydrogen) atoms. The van der Waals surface area contributed by atoms with Crippen molar-refractivity contribution in [1.29, 1.82) is 0 Å². The van der Waals surface area contributed by atoms with Crippen molar-refractivity contribution in [3.63, 3.8) is 0 Å². The van der Waals surface area contributed by atoms with Crippen LogP contribution in [0.3, 0.4) is 0 Å². The number of carbonyl (C=O) groups excluding carboxylic acids is 1. The third-order valence-electron chi connectivity index (χ3n) is 4.59. The molecule has 2 fully saturated rings. The minimum atomic E-state index is 0.0724. The molecule has 1 saturated carbocycles. The maximum Gasteiger partial charge on any atom is 0.222 e. The lowest BCUT2D eigenvalue weighted by Gasteiger charge is -2.33. The number of ether oxygens (including phenoxy) is 1. The molecule has 1 heterocycles. The van der Waals surface area contributed by atoms with Crippen LogP contribution in [-0.4, -0.2) is 54.4 Å². The SMILES string of the molecule is NC1CCC(CC(=O)N2CCC(OCCO)CC2)CC1. The predicted octanol–water partition coefficient (Wildman–Crippen LogP) is 0.894. The van der Waals surface area contributed by atoms with E-state index in [4.69, 9.17) is 15.6 Å². The summed E-state index contributed by atoms with van der Waals surface area (Å²) in [5.41, 5.74) is 5.90. The van der Waals surface area contributed by atoms with E-state index in [2.05, 4.69) is 0 Å². The van der Waals surface area contributed by atoms with Crippen molar-refractivity contribution in [2.24, 2.45) is 11.7 Å². The lowest BCUT2D eigenvalue weighted by Crippen LogP contribution is -2.42. The molecule has 0 radical (unpaired) electrons. The molecule has 0 atom stereocenters. The molecule has 2 aliphatic rings. The van der Waals surface area contributed by atoms with Crippen LogP contribution in [0, 0.1) is 5.92 Å². The number of hydrogen-bond acceptors (Lipinski definition) is 4. The molecular formula is C15H28N2O3. The second-order valence-corrected chi connectivity index (χ2v) is 6.16. The molecule has 0 unspecified atom stereocenters. The van der Waals surface area contributed by atoms with Crippen molar-refractivity contribution in [3.8, 4) is 0 Å².